The molecule has 0 bridgehead atoms. The lowest BCUT2D eigenvalue weighted by Crippen LogP contribution is -2.38. The van der Waals surface area contributed by atoms with E-state index in [1.807, 2.05) is 0 Å². The fraction of sp³-hybridized carbons (Fsp3) is 0.625. The smallest absolute Gasteiger partial charge is 0.0208 e. The lowest BCUT2D eigenvalue weighted by Gasteiger charge is -2.32. The Kier molecular flexibility index (Phi) is 3.67. The maximum Gasteiger partial charge on any atom is 0.0208 e. The van der Waals surface area contributed by atoms with Crippen molar-refractivity contribution in [1.82, 2.24) is 10.2 Å². The minimum atomic E-state index is 0.682. The molecular formula is C16H24N2. The highest BCUT2D eigenvalue weighted by Gasteiger charge is 2.31. The van der Waals surface area contributed by atoms with Crippen LogP contribution in [0.1, 0.15) is 43.2 Å². The molecule has 3 rings (SSSR count). The fourth-order valence-electron chi connectivity index (χ4n) is 3.18. The van der Waals surface area contributed by atoms with Crippen LogP contribution in [-0.4, -0.2) is 30.6 Å². The van der Waals surface area contributed by atoms with Gasteiger partial charge in [-0.25, -0.2) is 0 Å². The Balaban J connectivity index is 1.72. The van der Waals surface area contributed by atoms with E-state index in [4.69, 9.17) is 0 Å². The Morgan fingerprint density at radius 3 is 2.89 bits per heavy atom. The molecule has 1 unspecified atom stereocenters. The molecule has 1 heterocycles. The maximum atomic E-state index is 3.57. The van der Waals surface area contributed by atoms with Crippen LogP contribution in [0.3, 0.4) is 0 Å². The molecule has 0 radical (unpaired) electrons. The van der Waals surface area contributed by atoms with Crippen molar-refractivity contribution in [1.29, 1.82) is 0 Å². The highest BCUT2D eigenvalue weighted by molar-refractivity contribution is 5.33. The molecule has 18 heavy (non-hydrogen) atoms. The molecule has 2 heteroatoms. The van der Waals surface area contributed by atoms with E-state index in [9.17, 15) is 0 Å². The number of nitrogens with zero attached hydrogens (tertiary/aromatic N) is 1. The van der Waals surface area contributed by atoms with Gasteiger partial charge in [0.1, 0.15) is 0 Å². The first-order valence-electron chi connectivity index (χ1n) is 7.41. The third kappa shape index (κ3) is 2.60. The maximum absolute atomic E-state index is 3.57. The molecule has 0 aromatic heterocycles. The summed E-state index contributed by atoms with van der Waals surface area (Å²) in [4.78, 5) is 2.72. The quantitative estimate of drug-likeness (QED) is 0.857. The third-order valence-electron chi connectivity index (χ3n) is 4.23. The Labute approximate surface area is 110 Å². The van der Waals surface area contributed by atoms with Gasteiger partial charge in [0.05, 0.1) is 0 Å². The number of nitrogens with one attached hydrogen (secondary N) is 1. The second kappa shape index (κ2) is 5.41. The lowest BCUT2D eigenvalue weighted by molar-refractivity contribution is 0.241. The zero-order valence-electron chi connectivity index (χ0n) is 11.4. The van der Waals surface area contributed by atoms with Crippen LogP contribution in [0.25, 0.3) is 0 Å². The van der Waals surface area contributed by atoms with Crippen molar-refractivity contribution in [3.05, 3.63) is 35.4 Å². The summed E-state index contributed by atoms with van der Waals surface area (Å²) >= 11 is 0. The van der Waals surface area contributed by atoms with Crippen molar-refractivity contribution in [2.45, 2.75) is 44.7 Å². The summed E-state index contributed by atoms with van der Waals surface area (Å²) in [6, 6.07) is 9.85. The molecule has 1 aliphatic carbocycles. The molecule has 0 saturated heterocycles. The highest BCUT2D eigenvalue weighted by Crippen LogP contribution is 2.31. The molecule has 0 spiro atoms. The van der Waals surface area contributed by atoms with E-state index in [0.717, 1.165) is 19.1 Å². The Bertz CT molecular complexity index is 398. The van der Waals surface area contributed by atoms with Crippen LogP contribution < -0.4 is 5.32 Å². The molecule has 2 nitrogen and oxygen atoms in total. The van der Waals surface area contributed by atoms with Crippen molar-refractivity contribution in [3.8, 4) is 0 Å². The molecule has 2 aliphatic rings. The summed E-state index contributed by atoms with van der Waals surface area (Å²) < 4.78 is 0. The van der Waals surface area contributed by atoms with Gasteiger partial charge in [-0.15, -0.1) is 0 Å². The summed E-state index contributed by atoms with van der Waals surface area (Å²) in [5, 5.41) is 3.57. The van der Waals surface area contributed by atoms with Crippen LogP contribution >= 0.6 is 0 Å². The molecule has 1 fully saturated rings. The topological polar surface area (TPSA) is 15.3 Å². The molecule has 1 aromatic rings. The average Bonchev–Trinajstić information content (AvgIpc) is 3.23. The first-order chi connectivity index (χ1) is 8.88. The van der Waals surface area contributed by atoms with E-state index in [1.165, 1.54) is 37.9 Å². The highest BCUT2D eigenvalue weighted by atomic mass is 15.2. The molecule has 1 aliphatic heterocycles. The van der Waals surface area contributed by atoms with Crippen molar-refractivity contribution in [2.75, 3.05) is 19.6 Å². The SMILES string of the molecule is CCCN(CC1CNCc2ccccc21)C1CC1. The van der Waals surface area contributed by atoms with Crippen LogP contribution in [-0.2, 0) is 6.54 Å². The minimum Gasteiger partial charge on any atom is -0.312 e. The predicted octanol–water partition coefficient (Wildman–Crippen LogP) is 2.75. The number of benzene rings is 1. The van der Waals surface area contributed by atoms with E-state index in [0.29, 0.717) is 5.92 Å². The van der Waals surface area contributed by atoms with E-state index >= 15 is 0 Å². The van der Waals surface area contributed by atoms with Gasteiger partial charge in [0, 0.05) is 31.6 Å². The Hall–Kier alpha value is -0.860. The second-order valence-corrected chi connectivity index (χ2v) is 5.75. The van der Waals surface area contributed by atoms with Crippen LogP contribution in [0, 0.1) is 0 Å². The Morgan fingerprint density at radius 1 is 1.28 bits per heavy atom. The molecular weight excluding hydrogens is 220 g/mol. The number of hydrogen-bond donors (Lipinski definition) is 1. The molecule has 1 atom stereocenters. The largest absolute Gasteiger partial charge is 0.312 e. The zero-order chi connectivity index (χ0) is 12.4. The summed E-state index contributed by atoms with van der Waals surface area (Å²) in [5.74, 6) is 0.682. The van der Waals surface area contributed by atoms with Gasteiger partial charge >= 0.3 is 0 Å². The van der Waals surface area contributed by atoms with Gasteiger partial charge in [0.25, 0.3) is 0 Å². The van der Waals surface area contributed by atoms with Gasteiger partial charge in [-0.3, -0.25) is 4.90 Å². The van der Waals surface area contributed by atoms with E-state index in [-0.39, 0.29) is 0 Å². The van der Waals surface area contributed by atoms with Gasteiger partial charge < -0.3 is 5.32 Å². The van der Waals surface area contributed by atoms with Crippen LogP contribution in [0.2, 0.25) is 0 Å². The van der Waals surface area contributed by atoms with E-state index in [2.05, 4.69) is 41.4 Å². The van der Waals surface area contributed by atoms with Crippen molar-refractivity contribution in [2.24, 2.45) is 0 Å². The van der Waals surface area contributed by atoms with Gasteiger partial charge in [-0.2, -0.15) is 0 Å². The summed E-state index contributed by atoms with van der Waals surface area (Å²) in [5.41, 5.74) is 3.08. The van der Waals surface area contributed by atoms with E-state index in [1.54, 1.807) is 5.56 Å². The summed E-state index contributed by atoms with van der Waals surface area (Å²) in [6.07, 6.45) is 4.11. The van der Waals surface area contributed by atoms with Crippen molar-refractivity contribution < 1.29 is 0 Å². The number of rotatable bonds is 5. The lowest BCUT2D eigenvalue weighted by atomic mass is 9.90. The molecule has 98 valence electrons. The molecule has 1 N–H and O–H groups in total. The monoisotopic (exact) mass is 244 g/mol. The first-order valence-corrected chi connectivity index (χ1v) is 7.41. The molecule has 1 saturated carbocycles. The van der Waals surface area contributed by atoms with Crippen molar-refractivity contribution in [3.63, 3.8) is 0 Å². The normalized spacial score (nSPS) is 23.1. The van der Waals surface area contributed by atoms with Crippen LogP contribution in [0.4, 0.5) is 0 Å². The minimum absolute atomic E-state index is 0.682. The average molecular weight is 244 g/mol. The van der Waals surface area contributed by atoms with Crippen LogP contribution in [0.15, 0.2) is 24.3 Å². The zero-order valence-corrected chi connectivity index (χ0v) is 11.4. The van der Waals surface area contributed by atoms with Gasteiger partial charge in [0.2, 0.25) is 0 Å². The molecule has 0 amide bonds. The Morgan fingerprint density at radius 2 is 2.11 bits per heavy atom. The number of fused-ring (bicyclic) bond motifs is 1. The third-order valence-corrected chi connectivity index (χ3v) is 4.23. The van der Waals surface area contributed by atoms with E-state index < -0.39 is 0 Å². The molecule has 1 aromatic carbocycles. The van der Waals surface area contributed by atoms with Gasteiger partial charge in [-0.05, 0) is 36.9 Å². The van der Waals surface area contributed by atoms with Gasteiger partial charge in [-0.1, -0.05) is 31.2 Å². The van der Waals surface area contributed by atoms with Gasteiger partial charge in [0.15, 0.2) is 0 Å². The second-order valence-electron chi connectivity index (χ2n) is 5.75. The first kappa shape index (κ1) is 12.2. The summed E-state index contributed by atoms with van der Waals surface area (Å²) in [6.45, 7) is 6.99. The fourth-order valence-corrected chi connectivity index (χ4v) is 3.18. The van der Waals surface area contributed by atoms with Crippen molar-refractivity contribution >= 4 is 0 Å². The summed E-state index contributed by atoms with van der Waals surface area (Å²) in [7, 11) is 0. The predicted molar refractivity (Wildman–Crippen MR) is 75.8 cm³/mol. The standard InChI is InChI=1S/C16H24N2/c1-2-9-18(15-7-8-15)12-14-11-17-10-13-5-3-4-6-16(13)14/h3-6,14-15,17H,2,7-12H2,1H3. The van der Waals surface area contributed by atoms with Crippen LogP contribution in [0.5, 0.6) is 0 Å². The number of hydrogen-bond acceptors (Lipinski definition) is 2.